The van der Waals surface area contributed by atoms with Crippen LogP contribution >= 0.6 is 55.7 Å². The highest BCUT2D eigenvalue weighted by molar-refractivity contribution is 9.11. The van der Waals surface area contributed by atoms with E-state index in [0.717, 1.165) is 9.69 Å². The Bertz CT molecular complexity index is 1310. The molecule has 4 rings (SSSR count). The number of amides is 2. The average Bonchev–Trinajstić information content (AvgIpc) is 2.66. The van der Waals surface area contributed by atoms with Crippen molar-refractivity contribution in [3.05, 3.63) is 66.5 Å². The first kappa shape index (κ1) is 21.1. The van der Waals surface area contributed by atoms with Crippen LogP contribution in [0, 0.1) is 6.92 Å². The fourth-order valence-electron chi connectivity index (χ4n) is 3.18. The van der Waals surface area contributed by atoms with Crippen molar-refractivity contribution in [3.63, 3.8) is 0 Å². The van der Waals surface area contributed by atoms with Gasteiger partial charge in [-0.1, -0.05) is 27.5 Å². The summed E-state index contributed by atoms with van der Waals surface area (Å²) in [6.07, 6.45) is -0.450. The number of benzene rings is 2. The van der Waals surface area contributed by atoms with Gasteiger partial charge in [-0.3, -0.25) is 19.3 Å². The van der Waals surface area contributed by atoms with E-state index in [4.69, 9.17) is 23.8 Å². The first-order valence-electron chi connectivity index (χ1n) is 8.53. The molecule has 1 aromatic heterocycles. The summed E-state index contributed by atoms with van der Waals surface area (Å²) in [5.74, 6) is -0.860. The lowest BCUT2D eigenvalue weighted by atomic mass is 10.2. The summed E-state index contributed by atoms with van der Waals surface area (Å²) in [5.41, 5.74) is 0.412. The minimum atomic E-state index is -0.615. The van der Waals surface area contributed by atoms with Crippen LogP contribution in [0.5, 0.6) is 0 Å². The number of rotatable bonds is 2. The summed E-state index contributed by atoms with van der Waals surface area (Å²) in [4.78, 5) is 44.4. The Morgan fingerprint density at radius 1 is 1.07 bits per heavy atom. The van der Waals surface area contributed by atoms with Gasteiger partial charge in [0.05, 0.1) is 16.6 Å². The Morgan fingerprint density at radius 3 is 2.40 bits per heavy atom. The summed E-state index contributed by atoms with van der Waals surface area (Å²) in [6, 6.07) is 9.84. The van der Waals surface area contributed by atoms with Crippen molar-refractivity contribution >= 4 is 89.2 Å². The third-order valence-electron chi connectivity index (χ3n) is 4.48. The monoisotopic (exact) mass is 568 g/mol. The summed E-state index contributed by atoms with van der Waals surface area (Å²) in [7, 11) is 0. The van der Waals surface area contributed by atoms with Crippen molar-refractivity contribution in [2.45, 2.75) is 13.3 Å². The van der Waals surface area contributed by atoms with Crippen LogP contribution in [0.3, 0.4) is 0 Å². The molecule has 0 radical (unpaired) electrons. The van der Waals surface area contributed by atoms with Gasteiger partial charge in [-0.2, -0.15) is 9.69 Å². The second kappa shape index (κ2) is 7.84. The van der Waals surface area contributed by atoms with Gasteiger partial charge in [-0.15, -0.1) is 0 Å². The summed E-state index contributed by atoms with van der Waals surface area (Å²) in [6.45, 7) is 1.59. The molecule has 0 N–H and O–H groups in total. The highest BCUT2D eigenvalue weighted by atomic mass is 79.9. The maximum atomic E-state index is 13.3. The maximum Gasteiger partial charge on any atom is 0.281 e. The molecule has 0 saturated carbocycles. The van der Waals surface area contributed by atoms with Crippen LogP contribution in [0.4, 0.5) is 5.69 Å². The zero-order valence-corrected chi connectivity index (χ0v) is 20.0. The molecule has 1 saturated heterocycles. The van der Waals surface area contributed by atoms with Crippen molar-refractivity contribution in [2.24, 2.45) is 0 Å². The van der Waals surface area contributed by atoms with Gasteiger partial charge in [0.1, 0.15) is 12.2 Å². The Kier molecular flexibility index (Phi) is 5.52. The van der Waals surface area contributed by atoms with Gasteiger partial charge >= 0.3 is 0 Å². The molecule has 0 aliphatic carbocycles. The van der Waals surface area contributed by atoms with Crippen LogP contribution in [-0.4, -0.2) is 26.6 Å². The topological polar surface area (TPSA) is 75.5 Å². The predicted octanol–water partition coefficient (Wildman–Crippen LogP) is 4.07. The third-order valence-corrected chi connectivity index (χ3v) is 6.15. The van der Waals surface area contributed by atoms with E-state index in [1.807, 2.05) is 0 Å². The third kappa shape index (κ3) is 3.47. The van der Waals surface area contributed by atoms with E-state index in [-0.39, 0.29) is 16.3 Å². The van der Waals surface area contributed by atoms with Gasteiger partial charge in [-0.05, 0) is 71.5 Å². The number of aryl methyl sites for hydroxylation is 1. The smallest absolute Gasteiger partial charge is 0.273 e. The molecular weight excluding hydrogens is 560 g/mol. The molecular formula is C19H11Br2ClN4O3S. The average molecular weight is 571 g/mol. The van der Waals surface area contributed by atoms with E-state index in [0.29, 0.717) is 25.2 Å². The molecule has 0 bridgehead atoms. The number of anilines is 1. The zero-order valence-electron chi connectivity index (χ0n) is 15.2. The van der Waals surface area contributed by atoms with E-state index in [1.54, 1.807) is 43.3 Å². The maximum absolute atomic E-state index is 13.3. The van der Waals surface area contributed by atoms with E-state index in [1.165, 1.54) is 4.90 Å². The summed E-state index contributed by atoms with van der Waals surface area (Å²) in [5, 5.41) is 1.65. The Hall–Kier alpha value is -2.14. The number of carbonyl (C=O) groups is 2. The first-order chi connectivity index (χ1) is 14.2. The molecule has 0 spiro atoms. The van der Waals surface area contributed by atoms with Crippen LogP contribution in [0.25, 0.3) is 10.9 Å². The standard InChI is InChI=1S/C19H11Br2ClN4O3S/c1-9-23-17-13(6-10(20)7-14(17)21)18(29)25(9)26-16(28)8-15(27)24(19(26)30)12-4-2-11(22)3-5-12/h2-7H,8H2,1H3. The summed E-state index contributed by atoms with van der Waals surface area (Å²) < 4.78 is 2.40. The molecule has 2 heterocycles. The van der Waals surface area contributed by atoms with Gasteiger partial charge in [-0.25, -0.2) is 4.98 Å². The van der Waals surface area contributed by atoms with Crippen molar-refractivity contribution in [1.82, 2.24) is 9.66 Å². The van der Waals surface area contributed by atoms with Crippen LogP contribution in [-0.2, 0) is 9.59 Å². The summed E-state index contributed by atoms with van der Waals surface area (Å²) >= 11 is 18.2. The van der Waals surface area contributed by atoms with Gasteiger partial charge < -0.3 is 0 Å². The Morgan fingerprint density at radius 2 is 1.73 bits per heavy atom. The number of aromatic nitrogens is 2. The van der Waals surface area contributed by atoms with Crippen LogP contribution < -0.4 is 15.5 Å². The van der Waals surface area contributed by atoms with Crippen LogP contribution in [0.15, 0.2) is 50.1 Å². The highest BCUT2D eigenvalue weighted by Crippen LogP contribution is 2.27. The van der Waals surface area contributed by atoms with Gasteiger partial charge in [0.15, 0.2) is 0 Å². The molecule has 1 aliphatic heterocycles. The van der Waals surface area contributed by atoms with Crippen molar-refractivity contribution < 1.29 is 9.59 Å². The zero-order chi connectivity index (χ0) is 21.7. The van der Waals surface area contributed by atoms with Gasteiger partial charge in [0.2, 0.25) is 11.0 Å². The number of fused-ring (bicyclic) bond motifs is 1. The second-order valence-electron chi connectivity index (χ2n) is 6.43. The fourth-order valence-corrected chi connectivity index (χ4v) is 5.01. The molecule has 0 atom stereocenters. The van der Waals surface area contributed by atoms with Gasteiger partial charge in [0, 0.05) is 14.0 Å². The lowest BCUT2D eigenvalue weighted by molar-refractivity contribution is -0.127. The Labute approximate surface area is 197 Å². The predicted molar refractivity (Wildman–Crippen MR) is 126 cm³/mol. The molecule has 152 valence electrons. The molecule has 2 amide bonds. The van der Waals surface area contributed by atoms with Crippen LogP contribution in [0.1, 0.15) is 12.2 Å². The van der Waals surface area contributed by atoms with Crippen molar-refractivity contribution in [1.29, 1.82) is 0 Å². The number of hydrogen-bond donors (Lipinski definition) is 0. The lowest BCUT2D eigenvalue weighted by Crippen LogP contribution is -2.62. The highest BCUT2D eigenvalue weighted by Gasteiger charge is 2.38. The molecule has 30 heavy (non-hydrogen) atoms. The van der Waals surface area contributed by atoms with Gasteiger partial charge in [0.25, 0.3) is 11.5 Å². The minimum Gasteiger partial charge on any atom is -0.273 e. The minimum absolute atomic E-state index is 0.140. The second-order valence-corrected chi connectivity index (χ2v) is 9.00. The van der Waals surface area contributed by atoms with E-state index in [2.05, 4.69) is 36.8 Å². The molecule has 3 aromatic rings. The number of halogens is 3. The van der Waals surface area contributed by atoms with Crippen LogP contribution in [0.2, 0.25) is 5.02 Å². The molecule has 2 aromatic carbocycles. The van der Waals surface area contributed by atoms with E-state index >= 15 is 0 Å². The molecule has 11 heteroatoms. The number of carbonyl (C=O) groups excluding carboxylic acids is 2. The first-order valence-corrected chi connectivity index (χ1v) is 10.9. The number of hydrogen-bond acceptors (Lipinski definition) is 5. The Balaban J connectivity index is 1.90. The SMILES string of the molecule is Cc1nc2c(Br)cc(Br)cc2c(=O)n1N1C(=O)CC(=O)N(c2ccc(Cl)cc2)C1=S. The molecule has 1 fully saturated rings. The molecule has 1 aliphatic rings. The molecule has 7 nitrogen and oxygen atoms in total. The van der Waals surface area contributed by atoms with E-state index < -0.39 is 23.8 Å². The largest absolute Gasteiger partial charge is 0.281 e. The van der Waals surface area contributed by atoms with Crippen molar-refractivity contribution in [2.75, 3.05) is 9.91 Å². The number of thiocarbonyl (C=S) groups is 1. The normalized spacial score (nSPS) is 14.7. The number of nitrogens with zero attached hydrogens (tertiary/aromatic N) is 4. The van der Waals surface area contributed by atoms with E-state index in [9.17, 15) is 14.4 Å². The van der Waals surface area contributed by atoms with Crippen molar-refractivity contribution in [3.8, 4) is 0 Å². The lowest BCUT2D eigenvalue weighted by Gasteiger charge is -2.36. The molecule has 0 unspecified atom stereocenters. The fraction of sp³-hybridized carbons (Fsp3) is 0.105. The quantitative estimate of drug-likeness (QED) is 0.343.